The molecular weight excluding hydrogens is 274 g/mol. The normalized spacial score (nSPS) is 24.1. The number of halogens is 2. The van der Waals surface area contributed by atoms with Gasteiger partial charge in [-0.05, 0) is 31.0 Å². The first-order valence-electron chi connectivity index (χ1n) is 7.67. The minimum atomic E-state index is -0.506. The van der Waals surface area contributed by atoms with Crippen molar-refractivity contribution in [3.8, 4) is 0 Å². The summed E-state index contributed by atoms with van der Waals surface area (Å²) in [6, 6.07) is 3.06. The van der Waals surface area contributed by atoms with Crippen molar-refractivity contribution in [1.82, 2.24) is 4.90 Å². The number of hydrogen-bond acceptors (Lipinski definition) is 3. The van der Waals surface area contributed by atoms with E-state index in [1.165, 1.54) is 12.1 Å². The van der Waals surface area contributed by atoms with Crippen molar-refractivity contribution in [1.29, 1.82) is 0 Å². The minimum Gasteiger partial charge on any atom is -0.379 e. The highest BCUT2D eigenvalue weighted by Gasteiger charge is 2.46. The van der Waals surface area contributed by atoms with E-state index in [0.29, 0.717) is 18.8 Å². The molecule has 116 valence electrons. The van der Waals surface area contributed by atoms with Crippen molar-refractivity contribution in [3.63, 3.8) is 0 Å². The van der Waals surface area contributed by atoms with Crippen LogP contribution in [0.3, 0.4) is 0 Å². The van der Waals surface area contributed by atoms with Gasteiger partial charge in [0.2, 0.25) is 0 Å². The van der Waals surface area contributed by atoms with Crippen LogP contribution in [0, 0.1) is 11.6 Å². The summed E-state index contributed by atoms with van der Waals surface area (Å²) in [6.07, 6.45) is 4.04. The average molecular weight is 296 g/mol. The third-order valence-electron chi connectivity index (χ3n) is 4.98. The number of rotatable bonds is 3. The van der Waals surface area contributed by atoms with Crippen LogP contribution in [0.2, 0.25) is 0 Å². The topological polar surface area (TPSA) is 38.5 Å². The Morgan fingerprint density at radius 2 is 1.81 bits per heavy atom. The number of benzene rings is 1. The molecule has 1 unspecified atom stereocenters. The van der Waals surface area contributed by atoms with Crippen LogP contribution in [0.1, 0.15) is 37.3 Å². The lowest BCUT2D eigenvalue weighted by molar-refractivity contribution is -0.0315. The maximum absolute atomic E-state index is 14.1. The Morgan fingerprint density at radius 1 is 1.14 bits per heavy atom. The monoisotopic (exact) mass is 296 g/mol. The first-order valence-corrected chi connectivity index (χ1v) is 7.67. The largest absolute Gasteiger partial charge is 0.379 e. The molecule has 1 aliphatic carbocycles. The van der Waals surface area contributed by atoms with Gasteiger partial charge in [-0.3, -0.25) is 4.90 Å². The first kappa shape index (κ1) is 14.9. The molecule has 5 heteroatoms. The van der Waals surface area contributed by atoms with E-state index < -0.39 is 17.7 Å². The Labute approximate surface area is 124 Å². The predicted molar refractivity (Wildman–Crippen MR) is 76.9 cm³/mol. The smallest absolute Gasteiger partial charge is 0.128 e. The zero-order chi connectivity index (χ0) is 14.9. The van der Waals surface area contributed by atoms with Gasteiger partial charge in [0, 0.05) is 24.2 Å². The Bertz CT molecular complexity index is 497. The molecule has 0 aromatic heterocycles. The van der Waals surface area contributed by atoms with E-state index in [9.17, 15) is 8.78 Å². The molecule has 1 saturated heterocycles. The summed E-state index contributed by atoms with van der Waals surface area (Å²) < 4.78 is 33.0. The number of morpholine rings is 1. The molecule has 2 aliphatic rings. The zero-order valence-corrected chi connectivity index (χ0v) is 12.2. The highest BCUT2D eigenvalue weighted by Crippen LogP contribution is 2.44. The van der Waals surface area contributed by atoms with Crippen molar-refractivity contribution < 1.29 is 13.5 Å². The molecule has 3 nitrogen and oxygen atoms in total. The average Bonchev–Trinajstić information content (AvgIpc) is 3.01. The first-order chi connectivity index (χ1) is 10.1. The SMILES string of the molecule is NC(c1cc(F)ccc1F)C1(N2CCOCC2)CCCC1. The van der Waals surface area contributed by atoms with Crippen molar-refractivity contribution in [3.05, 3.63) is 35.4 Å². The Kier molecular flexibility index (Phi) is 4.24. The second kappa shape index (κ2) is 5.99. The molecule has 2 N–H and O–H groups in total. The van der Waals surface area contributed by atoms with Crippen molar-refractivity contribution in [2.45, 2.75) is 37.3 Å². The molecule has 1 aromatic rings. The summed E-state index contributed by atoms with van der Waals surface area (Å²) in [4.78, 5) is 2.33. The standard InChI is InChI=1S/C16H22F2N2O/c17-12-3-4-14(18)13(11-12)15(19)16(5-1-2-6-16)20-7-9-21-10-8-20/h3-4,11,15H,1-2,5-10,19H2. The van der Waals surface area contributed by atoms with E-state index in [1.54, 1.807) is 0 Å². The molecule has 21 heavy (non-hydrogen) atoms. The van der Waals surface area contributed by atoms with Gasteiger partial charge in [0.15, 0.2) is 0 Å². The van der Waals surface area contributed by atoms with Crippen molar-refractivity contribution in [2.75, 3.05) is 26.3 Å². The van der Waals surface area contributed by atoms with E-state index in [1.807, 2.05) is 0 Å². The highest BCUT2D eigenvalue weighted by molar-refractivity contribution is 5.26. The van der Waals surface area contributed by atoms with Gasteiger partial charge in [0.1, 0.15) is 11.6 Å². The lowest BCUT2D eigenvalue weighted by Crippen LogP contribution is -2.57. The number of nitrogens with zero attached hydrogens (tertiary/aromatic N) is 1. The molecule has 1 aromatic carbocycles. The Morgan fingerprint density at radius 3 is 2.48 bits per heavy atom. The molecule has 0 bridgehead atoms. The maximum Gasteiger partial charge on any atom is 0.128 e. The van der Waals surface area contributed by atoms with Crippen LogP contribution in [-0.2, 0) is 4.74 Å². The third-order valence-corrected chi connectivity index (χ3v) is 4.98. The van der Waals surface area contributed by atoms with Gasteiger partial charge in [-0.15, -0.1) is 0 Å². The van der Waals surface area contributed by atoms with Gasteiger partial charge >= 0.3 is 0 Å². The number of nitrogens with two attached hydrogens (primary N) is 1. The van der Waals surface area contributed by atoms with E-state index in [0.717, 1.165) is 44.8 Å². The van der Waals surface area contributed by atoms with Gasteiger partial charge in [-0.2, -0.15) is 0 Å². The van der Waals surface area contributed by atoms with Crippen molar-refractivity contribution in [2.24, 2.45) is 5.73 Å². The second-order valence-corrected chi connectivity index (χ2v) is 6.05. The zero-order valence-electron chi connectivity index (χ0n) is 12.2. The summed E-state index contributed by atoms with van der Waals surface area (Å²) in [6.45, 7) is 2.98. The van der Waals surface area contributed by atoms with E-state index in [2.05, 4.69) is 4.90 Å². The van der Waals surface area contributed by atoms with Crippen molar-refractivity contribution >= 4 is 0 Å². The summed E-state index contributed by atoms with van der Waals surface area (Å²) in [5, 5.41) is 0. The predicted octanol–water partition coefficient (Wildman–Crippen LogP) is 2.61. The summed E-state index contributed by atoms with van der Waals surface area (Å²) >= 11 is 0. The van der Waals surface area contributed by atoms with Gasteiger partial charge in [0.05, 0.1) is 19.3 Å². The molecule has 1 heterocycles. The highest BCUT2D eigenvalue weighted by atomic mass is 19.1. The number of hydrogen-bond donors (Lipinski definition) is 1. The maximum atomic E-state index is 14.1. The van der Waals surface area contributed by atoms with Gasteiger partial charge in [-0.1, -0.05) is 12.8 Å². The lowest BCUT2D eigenvalue weighted by Gasteiger charge is -2.47. The van der Waals surface area contributed by atoms with Gasteiger partial charge < -0.3 is 10.5 Å². The molecule has 0 radical (unpaired) electrons. The molecule has 1 atom stereocenters. The van der Waals surface area contributed by atoms with Crippen LogP contribution >= 0.6 is 0 Å². The third kappa shape index (κ3) is 2.70. The Hall–Kier alpha value is -1.04. The fraction of sp³-hybridized carbons (Fsp3) is 0.625. The minimum absolute atomic E-state index is 0.265. The van der Waals surface area contributed by atoms with Crippen LogP contribution in [0.25, 0.3) is 0 Å². The van der Waals surface area contributed by atoms with Crippen LogP contribution in [0.5, 0.6) is 0 Å². The molecule has 0 amide bonds. The fourth-order valence-corrected chi connectivity index (χ4v) is 3.86. The lowest BCUT2D eigenvalue weighted by atomic mass is 9.82. The second-order valence-electron chi connectivity index (χ2n) is 6.05. The molecule has 1 saturated carbocycles. The molecule has 3 rings (SSSR count). The summed E-state index contributed by atoms with van der Waals surface area (Å²) in [7, 11) is 0. The molecule has 1 aliphatic heterocycles. The van der Waals surface area contributed by atoms with E-state index in [4.69, 9.17) is 10.5 Å². The summed E-state index contributed by atoms with van der Waals surface area (Å²) in [5.41, 5.74) is 6.48. The van der Waals surface area contributed by atoms with Gasteiger partial charge in [0.25, 0.3) is 0 Å². The molecular formula is C16H22F2N2O. The van der Waals surface area contributed by atoms with Crippen LogP contribution in [0.15, 0.2) is 18.2 Å². The quantitative estimate of drug-likeness (QED) is 0.932. The fourth-order valence-electron chi connectivity index (χ4n) is 3.86. The molecule has 0 spiro atoms. The van der Waals surface area contributed by atoms with E-state index in [-0.39, 0.29) is 5.54 Å². The van der Waals surface area contributed by atoms with Gasteiger partial charge in [-0.25, -0.2) is 8.78 Å². The summed E-state index contributed by atoms with van der Waals surface area (Å²) in [5.74, 6) is -0.847. The van der Waals surface area contributed by atoms with Crippen LogP contribution in [-0.4, -0.2) is 36.7 Å². The Balaban J connectivity index is 1.94. The van der Waals surface area contributed by atoms with Crippen LogP contribution in [0.4, 0.5) is 8.78 Å². The number of ether oxygens (including phenoxy) is 1. The molecule has 2 fully saturated rings. The van der Waals surface area contributed by atoms with E-state index >= 15 is 0 Å². The van der Waals surface area contributed by atoms with Crippen LogP contribution < -0.4 is 5.73 Å².